The van der Waals surface area contributed by atoms with Gasteiger partial charge in [-0.3, -0.25) is 4.98 Å². The first-order chi connectivity index (χ1) is 9.38. The number of aryl methyl sites for hydroxylation is 1. The van der Waals surface area contributed by atoms with Gasteiger partial charge in [0.2, 0.25) is 0 Å². The molecule has 0 aliphatic heterocycles. The van der Waals surface area contributed by atoms with Crippen LogP contribution < -0.4 is 0 Å². The molecule has 1 unspecified atom stereocenters. The van der Waals surface area contributed by atoms with E-state index in [0.717, 1.165) is 23.4 Å². The lowest BCUT2D eigenvalue weighted by molar-refractivity contribution is -0.137. The van der Waals surface area contributed by atoms with Gasteiger partial charge in [0.25, 0.3) is 0 Å². The first-order valence-electron chi connectivity index (χ1n) is 6.13. The Morgan fingerprint density at radius 1 is 1.15 bits per heavy atom. The minimum atomic E-state index is -4.41. The molecule has 2 aromatic rings. The molecule has 0 spiro atoms. The van der Waals surface area contributed by atoms with Crippen LogP contribution in [0.15, 0.2) is 42.6 Å². The Labute approximate surface area is 114 Å². The van der Waals surface area contributed by atoms with Gasteiger partial charge >= 0.3 is 6.18 Å². The number of hydrogen-bond donors (Lipinski definition) is 1. The number of aliphatic hydroxyl groups is 1. The summed E-state index contributed by atoms with van der Waals surface area (Å²) in [5.41, 5.74) is 1.39. The molecule has 5 heteroatoms. The molecule has 106 valence electrons. The highest BCUT2D eigenvalue weighted by Crippen LogP contribution is 2.29. The molecule has 0 amide bonds. The van der Waals surface area contributed by atoms with E-state index in [-0.39, 0.29) is 5.69 Å². The molecule has 1 aromatic heterocycles. The maximum Gasteiger partial charge on any atom is 0.417 e. The zero-order valence-electron chi connectivity index (χ0n) is 10.9. The number of hydrogen-bond acceptors (Lipinski definition) is 2. The largest absolute Gasteiger partial charge is 0.417 e. The first-order valence-corrected chi connectivity index (χ1v) is 6.13. The van der Waals surface area contributed by atoms with Gasteiger partial charge in [0.05, 0.1) is 17.4 Å². The van der Waals surface area contributed by atoms with E-state index in [1.54, 1.807) is 0 Å². The normalized spacial score (nSPS) is 13.2. The van der Waals surface area contributed by atoms with Gasteiger partial charge < -0.3 is 5.11 Å². The monoisotopic (exact) mass is 281 g/mol. The van der Waals surface area contributed by atoms with Crippen LogP contribution in [0, 0.1) is 6.92 Å². The standard InChI is InChI=1S/C15H14F3NO/c1-10-4-2-3-5-11(10)8-14(20)13-7-6-12(9-19-13)15(16,17)18/h2-7,9,14,20H,8H2,1H3. The van der Waals surface area contributed by atoms with Gasteiger partial charge in [-0.1, -0.05) is 24.3 Å². The second-order valence-corrected chi connectivity index (χ2v) is 4.62. The summed E-state index contributed by atoms with van der Waals surface area (Å²) in [6.07, 6.45) is -4.26. The van der Waals surface area contributed by atoms with Crippen molar-refractivity contribution in [1.29, 1.82) is 0 Å². The highest BCUT2D eigenvalue weighted by atomic mass is 19.4. The molecule has 1 N–H and O–H groups in total. The molecule has 0 aliphatic rings. The van der Waals surface area contributed by atoms with Crippen LogP contribution in [0.2, 0.25) is 0 Å². The third-order valence-electron chi connectivity index (χ3n) is 3.13. The smallest absolute Gasteiger partial charge is 0.386 e. The van der Waals surface area contributed by atoms with Gasteiger partial charge in [-0.2, -0.15) is 13.2 Å². The van der Waals surface area contributed by atoms with E-state index < -0.39 is 17.8 Å². The molecular weight excluding hydrogens is 267 g/mol. The maximum atomic E-state index is 12.4. The van der Waals surface area contributed by atoms with Crippen molar-refractivity contribution in [3.8, 4) is 0 Å². The van der Waals surface area contributed by atoms with Gasteiger partial charge in [-0.05, 0) is 30.2 Å². The van der Waals surface area contributed by atoms with E-state index >= 15 is 0 Å². The van der Waals surface area contributed by atoms with Crippen molar-refractivity contribution in [1.82, 2.24) is 4.98 Å². The van der Waals surface area contributed by atoms with E-state index in [1.165, 1.54) is 6.07 Å². The molecule has 2 nitrogen and oxygen atoms in total. The zero-order chi connectivity index (χ0) is 14.8. The molecule has 0 saturated heterocycles. The summed E-state index contributed by atoms with van der Waals surface area (Å²) in [6.45, 7) is 1.92. The third kappa shape index (κ3) is 3.36. The second kappa shape index (κ2) is 5.63. The Kier molecular flexibility index (Phi) is 4.09. The molecule has 0 fully saturated rings. The van der Waals surface area contributed by atoms with Crippen LogP contribution >= 0.6 is 0 Å². The average Bonchev–Trinajstić information content (AvgIpc) is 2.40. The van der Waals surface area contributed by atoms with Crippen LogP contribution in [0.25, 0.3) is 0 Å². The highest BCUT2D eigenvalue weighted by molar-refractivity contribution is 5.27. The van der Waals surface area contributed by atoms with Crippen molar-refractivity contribution in [2.45, 2.75) is 25.6 Å². The Morgan fingerprint density at radius 2 is 1.85 bits per heavy atom. The molecule has 0 aliphatic carbocycles. The summed E-state index contributed by atoms with van der Waals surface area (Å²) < 4.78 is 37.3. The van der Waals surface area contributed by atoms with Crippen molar-refractivity contribution in [3.05, 3.63) is 65.0 Å². The number of aromatic nitrogens is 1. The van der Waals surface area contributed by atoms with Crippen molar-refractivity contribution < 1.29 is 18.3 Å². The lowest BCUT2D eigenvalue weighted by Gasteiger charge is -2.13. The van der Waals surface area contributed by atoms with Crippen LogP contribution in [-0.2, 0) is 12.6 Å². The lowest BCUT2D eigenvalue weighted by Crippen LogP contribution is -2.09. The van der Waals surface area contributed by atoms with Crippen LogP contribution in [0.5, 0.6) is 0 Å². The molecule has 1 heterocycles. The number of benzene rings is 1. The lowest BCUT2D eigenvalue weighted by atomic mass is 10.0. The third-order valence-corrected chi connectivity index (χ3v) is 3.13. The minimum absolute atomic E-state index is 0.237. The van der Waals surface area contributed by atoms with Crippen LogP contribution in [0.4, 0.5) is 13.2 Å². The number of aliphatic hydroxyl groups excluding tert-OH is 1. The predicted octanol–water partition coefficient (Wildman–Crippen LogP) is 3.68. The fourth-order valence-electron chi connectivity index (χ4n) is 1.92. The van der Waals surface area contributed by atoms with Crippen molar-refractivity contribution in [2.75, 3.05) is 0 Å². The fraction of sp³-hybridized carbons (Fsp3) is 0.267. The van der Waals surface area contributed by atoms with Crippen molar-refractivity contribution >= 4 is 0 Å². The van der Waals surface area contributed by atoms with Crippen LogP contribution in [0.3, 0.4) is 0 Å². The fourth-order valence-corrected chi connectivity index (χ4v) is 1.92. The van der Waals surface area contributed by atoms with Crippen LogP contribution in [0.1, 0.15) is 28.5 Å². The van der Waals surface area contributed by atoms with Gasteiger partial charge in [0.15, 0.2) is 0 Å². The average molecular weight is 281 g/mol. The minimum Gasteiger partial charge on any atom is -0.386 e. The van der Waals surface area contributed by atoms with Crippen molar-refractivity contribution in [2.24, 2.45) is 0 Å². The number of alkyl halides is 3. The Balaban J connectivity index is 2.14. The maximum absolute atomic E-state index is 12.4. The molecule has 0 radical (unpaired) electrons. The molecule has 20 heavy (non-hydrogen) atoms. The van der Waals surface area contributed by atoms with E-state index in [4.69, 9.17) is 0 Å². The number of pyridine rings is 1. The SMILES string of the molecule is Cc1ccccc1CC(O)c1ccc(C(F)(F)F)cn1. The van der Waals surface area contributed by atoms with E-state index in [2.05, 4.69) is 4.98 Å². The quantitative estimate of drug-likeness (QED) is 0.930. The van der Waals surface area contributed by atoms with Gasteiger partial charge in [-0.15, -0.1) is 0 Å². The summed E-state index contributed by atoms with van der Waals surface area (Å²) in [5.74, 6) is 0. The van der Waals surface area contributed by atoms with Gasteiger partial charge in [0.1, 0.15) is 0 Å². The van der Waals surface area contributed by atoms with Crippen molar-refractivity contribution in [3.63, 3.8) is 0 Å². The topological polar surface area (TPSA) is 33.1 Å². The van der Waals surface area contributed by atoms with E-state index in [0.29, 0.717) is 6.42 Å². The molecule has 2 rings (SSSR count). The molecule has 0 saturated carbocycles. The Bertz CT molecular complexity index is 578. The molecule has 1 atom stereocenters. The van der Waals surface area contributed by atoms with Gasteiger partial charge in [-0.25, -0.2) is 0 Å². The van der Waals surface area contributed by atoms with Crippen LogP contribution in [-0.4, -0.2) is 10.1 Å². The molecule has 0 bridgehead atoms. The zero-order valence-corrected chi connectivity index (χ0v) is 10.9. The molecular formula is C15H14F3NO. The molecule has 1 aromatic carbocycles. The number of nitrogens with zero attached hydrogens (tertiary/aromatic N) is 1. The first kappa shape index (κ1) is 14.5. The predicted molar refractivity (Wildman–Crippen MR) is 69.1 cm³/mol. The summed E-state index contributed by atoms with van der Waals surface area (Å²) in [7, 11) is 0. The summed E-state index contributed by atoms with van der Waals surface area (Å²) in [5, 5.41) is 10.0. The van der Waals surface area contributed by atoms with Gasteiger partial charge in [0, 0.05) is 12.6 Å². The Hall–Kier alpha value is -1.88. The summed E-state index contributed by atoms with van der Waals surface area (Å²) in [4.78, 5) is 3.70. The van der Waals surface area contributed by atoms with E-state index in [1.807, 2.05) is 31.2 Å². The second-order valence-electron chi connectivity index (χ2n) is 4.62. The number of rotatable bonds is 3. The number of halogens is 3. The Morgan fingerprint density at radius 3 is 2.40 bits per heavy atom. The highest BCUT2D eigenvalue weighted by Gasteiger charge is 2.30. The summed E-state index contributed by atoms with van der Waals surface area (Å²) in [6, 6.07) is 9.69. The summed E-state index contributed by atoms with van der Waals surface area (Å²) >= 11 is 0. The van der Waals surface area contributed by atoms with E-state index in [9.17, 15) is 18.3 Å².